The number of amides is 1. The van der Waals surface area contributed by atoms with Gasteiger partial charge in [0.15, 0.2) is 0 Å². The predicted molar refractivity (Wildman–Crippen MR) is 67.7 cm³/mol. The molecule has 0 aliphatic carbocycles. The molecule has 1 amide bonds. The lowest BCUT2D eigenvalue weighted by atomic mass is 9.94. The van der Waals surface area contributed by atoms with Crippen LogP contribution in [0.2, 0.25) is 0 Å². The van der Waals surface area contributed by atoms with Gasteiger partial charge in [-0.15, -0.1) is 0 Å². The van der Waals surface area contributed by atoms with E-state index in [0.29, 0.717) is 11.7 Å². The van der Waals surface area contributed by atoms with E-state index in [1.165, 1.54) is 6.07 Å². The Morgan fingerprint density at radius 1 is 1.53 bits per heavy atom. The molecule has 2 rings (SSSR count). The van der Waals surface area contributed by atoms with Crippen LogP contribution in [0.5, 0.6) is 0 Å². The zero-order valence-electron chi connectivity index (χ0n) is 10.8. The van der Waals surface area contributed by atoms with Crippen LogP contribution in [0.3, 0.4) is 0 Å². The molecule has 2 atom stereocenters. The van der Waals surface area contributed by atoms with Gasteiger partial charge in [-0.2, -0.15) is 0 Å². The minimum atomic E-state index is -1.11. The van der Waals surface area contributed by atoms with E-state index in [1.54, 1.807) is 6.07 Å². The van der Waals surface area contributed by atoms with E-state index in [-0.39, 0.29) is 24.3 Å². The Kier molecular flexibility index (Phi) is 4.21. The molecule has 2 unspecified atom stereocenters. The summed E-state index contributed by atoms with van der Waals surface area (Å²) < 4.78 is 5.07. The highest BCUT2D eigenvalue weighted by atomic mass is 16.4. The number of carboxylic acids is 1. The molecule has 1 fully saturated rings. The van der Waals surface area contributed by atoms with Gasteiger partial charge in [-0.1, -0.05) is 6.92 Å². The standard InChI is InChI=1S/C13H18N2O4/c1-8-4-5-14-10(6-8)12(16)15-7-9-2-3-11(19-9)13(17)18/h2-3,8,10,14H,4-7H2,1H3,(H,15,16)(H,17,18). The molecule has 1 saturated heterocycles. The SMILES string of the molecule is CC1CCNC(C(=O)NCc2ccc(C(=O)O)o2)C1. The van der Waals surface area contributed by atoms with Gasteiger partial charge in [0.1, 0.15) is 5.76 Å². The fraction of sp³-hybridized carbons (Fsp3) is 0.538. The van der Waals surface area contributed by atoms with Crippen LogP contribution in [0.4, 0.5) is 0 Å². The van der Waals surface area contributed by atoms with E-state index in [1.807, 2.05) is 0 Å². The second-order valence-corrected chi connectivity index (χ2v) is 4.93. The fourth-order valence-electron chi connectivity index (χ4n) is 2.19. The Labute approximate surface area is 111 Å². The Balaban J connectivity index is 1.84. The van der Waals surface area contributed by atoms with E-state index in [2.05, 4.69) is 17.6 Å². The third kappa shape index (κ3) is 3.57. The second kappa shape index (κ2) is 5.88. The summed E-state index contributed by atoms with van der Waals surface area (Å²) in [6.45, 7) is 3.19. The summed E-state index contributed by atoms with van der Waals surface area (Å²) in [6, 6.07) is 2.77. The summed E-state index contributed by atoms with van der Waals surface area (Å²) in [4.78, 5) is 22.6. The van der Waals surface area contributed by atoms with Crippen molar-refractivity contribution < 1.29 is 19.1 Å². The number of hydrogen-bond donors (Lipinski definition) is 3. The third-order valence-corrected chi connectivity index (χ3v) is 3.29. The first-order valence-corrected chi connectivity index (χ1v) is 6.39. The quantitative estimate of drug-likeness (QED) is 0.755. The number of furan rings is 1. The highest BCUT2D eigenvalue weighted by molar-refractivity contribution is 5.84. The van der Waals surface area contributed by atoms with E-state index in [4.69, 9.17) is 9.52 Å². The summed E-state index contributed by atoms with van der Waals surface area (Å²) in [5.41, 5.74) is 0. The number of rotatable bonds is 4. The molecule has 1 aromatic heterocycles. The number of carbonyl (C=O) groups is 2. The van der Waals surface area contributed by atoms with Crippen molar-refractivity contribution in [2.24, 2.45) is 5.92 Å². The van der Waals surface area contributed by atoms with Crippen molar-refractivity contribution in [2.45, 2.75) is 32.4 Å². The van der Waals surface area contributed by atoms with Crippen molar-refractivity contribution in [1.29, 1.82) is 0 Å². The van der Waals surface area contributed by atoms with Crippen molar-refractivity contribution >= 4 is 11.9 Å². The Bertz CT molecular complexity index is 469. The van der Waals surface area contributed by atoms with Gasteiger partial charge in [-0.05, 0) is 37.4 Å². The third-order valence-electron chi connectivity index (χ3n) is 3.29. The van der Waals surface area contributed by atoms with Gasteiger partial charge in [0, 0.05) is 0 Å². The first-order valence-electron chi connectivity index (χ1n) is 6.39. The first-order chi connectivity index (χ1) is 9.06. The number of aromatic carboxylic acids is 1. The Hall–Kier alpha value is -1.82. The molecule has 0 aromatic carbocycles. The smallest absolute Gasteiger partial charge is 0.371 e. The summed E-state index contributed by atoms with van der Waals surface area (Å²) in [5.74, 6) is -0.317. The summed E-state index contributed by atoms with van der Waals surface area (Å²) in [5, 5.41) is 14.6. The normalized spacial score (nSPS) is 23.0. The fourth-order valence-corrected chi connectivity index (χ4v) is 2.19. The maximum atomic E-state index is 11.9. The average molecular weight is 266 g/mol. The molecular weight excluding hydrogens is 248 g/mol. The Morgan fingerprint density at radius 3 is 2.95 bits per heavy atom. The van der Waals surface area contributed by atoms with Gasteiger partial charge < -0.3 is 20.2 Å². The molecule has 6 heteroatoms. The molecule has 0 spiro atoms. The van der Waals surface area contributed by atoms with Crippen LogP contribution in [0.25, 0.3) is 0 Å². The largest absolute Gasteiger partial charge is 0.475 e. The van der Waals surface area contributed by atoms with E-state index in [0.717, 1.165) is 19.4 Å². The average Bonchev–Trinajstić information content (AvgIpc) is 2.85. The lowest BCUT2D eigenvalue weighted by Gasteiger charge is -2.27. The van der Waals surface area contributed by atoms with Crippen LogP contribution < -0.4 is 10.6 Å². The monoisotopic (exact) mass is 266 g/mol. The molecule has 19 heavy (non-hydrogen) atoms. The zero-order valence-corrected chi connectivity index (χ0v) is 10.8. The minimum Gasteiger partial charge on any atom is -0.475 e. The van der Waals surface area contributed by atoms with Crippen LogP contribution in [0.1, 0.15) is 36.1 Å². The van der Waals surface area contributed by atoms with Crippen molar-refractivity contribution in [3.8, 4) is 0 Å². The predicted octanol–water partition coefficient (Wildman–Crippen LogP) is 0.982. The van der Waals surface area contributed by atoms with Gasteiger partial charge >= 0.3 is 5.97 Å². The van der Waals surface area contributed by atoms with Gasteiger partial charge in [-0.25, -0.2) is 4.79 Å². The maximum absolute atomic E-state index is 11.9. The number of hydrogen-bond acceptors (Lipinski definition) is 4. The summed E-state index contributed by atoms with van der Waals surface area (Å²) >= 11 is 0. The zero-order chi connectivity index (χ0) is 13.8. The van der Waals surface area contributed by atoms with E-state index < -0.39 is 5.97 Å². The Morgan fingerprint density at radius 2 is 2.32 bits per heavy atom. The molecule has 6 nitrogen and oxygen atoms in total. The van der Waals surface area contributed by atoms with Gasteiger partial charge in [0.25, 0.3) is 0 Å². The second-order valence-electron chi connectivity index (χ2n) is 4.93. The van der Waals surface area contributed by atoms with Crippen molar-refractivity contribution in [3.63, 3.8) is 0 Å². The van der Waals surface area contributed by atoms with Crippen LogP contribution in [0, 0.1) is 5.92 Å². The van der Waals surface area contributed by atoms with Crippen LogP contribution in [0.15, 0.2) is 16.5 Å². The van der Waals surface area contributed by atoms with Crippen molar-refractivity contribution in [2.75, 3.05) is 6.54 Å². The van der Waals surface area contributed by atoms with Gasteiger partial charge in [-0.3, -0.25) is 4.79 Å². The van der Waals surface area contributed by atoms with Gasteiger partial charge in [0.2, 0.25) is 11.7 Å². The van der Waals surface area contributed by atoms with Crippen molar-refractivity contribution in [3.05, 3.63) is 23.7 Å². The molecule has 1 aliphatic rings. The number of piperidine rings is 1. The molecule has 2 heterocycles. The highest BCUT2D eigenvalue weighted by Crippen LogP contribution is 2.15. The molecule has 104 valence electrons. The molecule has 0 bridgehead atoms. The molecule has 1 aromatic rings. The van der Waals surface area contributed by atoms with Crippen molar-refractivity contribution in [1.82, 2.24) is 10.6 Å². The summed E-state index contributed by atoms with van der Waals surface area (Å²) in [7, 11) is 0. The van der Waals surface area contributed by atoms with Gasteiger partial charge in [0.05, 0.1) is 12.6 Å². The lowest BCUT2D eigenvalue weighted by molar-refractivity contribution is -0.124. The summed E-state index contributed by atoms with van der Waals surface area (Å²) in [6.07, 6.45) is 1.91. The van der Waals surface area contributed by atoms with Crippen LogP contribution in [-0.2, 0) is 11.3 Å². The molecule has 1 aliphatic heterocycles. The molecule has 3 N–H and O–H groups in total. The number of carbonyl (C=O) groups excluding carboxylic acids is 1. The van der Waals surface area contributed by atoms with Crippen LogP contribution in [-0.4, -0.2) is 29.6 Å². The maximum Gasteiger partial charge on any atom is 0.371 e. The van der Waals surface area contributed by atoms with Crippen LogP contribution >= 0.6 is 0 Å². The first kappa shape index (κ1) is 13.6. The highest BCUT2D eigenvalue weighted by Gasteiger charge is 2.24. The lowest BCUT2D eigenvalue weighted by Crippen LogP contribution is -2.48. The molecular formula is C13H18N2O4. The molecule has 0 radical (unpaired) electrons. The molecule has 0 saturated carbocycles. The van der Waals surface area contributed by atoms with E-state index >= 15 is 0 Å². The number of nitrogens with one attached hydrogen (secondary N) is 2. The minimum absolute atomic E-state index is 0.0696. The number of carboxylic acid groups (broad SMARTS) is 1. The topological polar surface area (TPSA) is 91.6 Å². The van der Waals surface area contributed by atoms with E-state index in [9.17, 15) is 9.59 Å².